The Morgan fingerprint density at radius 3 is 2.37 bits per heavy atom. The van der Waals surface area contributed by atoms with E-state index in [-0.39, 0.29) is 49.0 Å². The molecule has 0 saturated heterocycles. The van der Waals surface area contributed by atoms with Gasteiger partial charge in [0, 0.05) is 32.6 Å². The molecular formula is C36H54FN3O6. The molecule has 0 bridgehead atoms. The smallest absolute Gasteiger partial charge is 0.243 e. The Hall–Kier alpha value is -3.05. The number of nitrogens with one attached hydrogen (secondary N) is 2. The molecule has 0 radical (unpaired) electrons. The predicted molar refractivity (Wildman–Crippen MR) is 177 cm³/mol. The molecule has 1 aliphatic rings. The number of ether oxygens (including phenoxy) is 3. The SMILES string of the molecule is CCC(C)C(NC(=O)C(CC(O)C(N)COCc1ccc(C2CC2)c(OCCCOC)c1)C(C)C)C(=O)NCc1ccc(F)cc1. The molecule has 256 valence electrons. The van der Waals surface area contributed by atoms with Crippen LogP contribution < -0.4 is 21.1 Å². The van der Waals surface area contributed by atoms with E-state index in [9.17, 15) is 19.1 Å². The van der Waals surface area contributed by atoms with Crippen LogP contribution in [0.5, 0.6) is 5.75 Å². The second-order valence-corrected chi connectivity index (χ2v) is 12.9. The molecule has 2 amide bonds. The van der Waals surface area contributed by atoms with Gasteiger partial charge in [-0.2, -0.15) is 0 Å². The lowest BCUT2D eigenvalue weighted by molar-refractivity contribution is -0.134. The Bertz CT molecular complexity index is 1220. The van der Waals surface area contributed by atoms with Crippen LogP contribution in [0, 0.1) is 23.6 Å². The number of amides is 2. The van der Waals surface area contributed by atoms with E-state index in [1.165, 1.54) is 30.5 Å². The first-order valence-corrected chi connectivity index (χ1v) is 16.6. The van der Waals surface area contributed by atoms with Crippen molar-refractivity contribution in [3.05, 3.63) is 65.0 Å². The van der Waals surface area contributed by atoms with Crippen LogP contribution in [0.15, 0.2) is 42.5 Å². The maximum Gasteiger partial charge on any atom is 0.243 e. The predicted octanol–water partition coefficient (Wildman–Crippen LogP) is 4.83. The van der Waals surface area contributed by atoms with Crippen molar-refractivity contribution in [2.45, 2.75) is 97.1 Å². The summed E-state index contributed by atoms with van der Waals surface area (Å²) in [5, 5.41) is 16.8. The Morgan fingerprint density at radius 1 is 1.04 bits per heavy atom. The van der Waals surface area contributed by atoms with Gasteiger partial charge in [-0.15, -0.1) is 0 Å². The Labute approximate surface area is 273 Å². The van der Waals surface area contributed by atoms with E-state index in [1.807, 2.05) is 39.8 Å². The summed E-state index contributed by atoms with van der Waals surface area (Å²) >= 11 is 0. The summed E-state index contributed by atoms with van der Waals surface area (Å²) in [7, 11) is 1.68. The first-order valence-electron chi connectivity index (χ1n) is 16.6. The lowest BCUT2D eigenvalue weighted by Gasteiger charge is -2.29. The van der Waals surface area contributed by atoms with Crippen LogP contribution in [0.2, 0.25) is 0 Å². The fourth-order valence-corrected chi connectivity index (χ4v) is 5.32. The highest BCUT2D eigenvalue weighted by Gasteiger charge is 2.33. The molecule has 2 aromatic rings. The van der Waals surface area contributed by atoms with Gasteiger partial charge in [0.05, 0.1) is 32.0 Å². The zero-order valence-corrected chi connectivity index (χ0v) is 28.1. The molecule has 1 fully saturated rings. The summed E-state index contributed by atoms with van der Waals surface area (Å²) in [4.78, 5) is 26.6. The fourth-order valence-electron chi connectivity index (χ4n) is 5.32. The third kappa shape index (κ3) is 12.0. The Kier molecular flexibility index (Phi) is 15.4. The Balaban J connectivity index is 1.53. The van der Waals surface area contributed by atoms with Crippen molar-refractivity contribution in [3.8, 4) is 5.75 Å². The standard InChI is InChI=1S/C36H54FN3O6/c1-6-24(4)34(36(43)39-20-25-8-13-28(37)14-9-25)40-35(42)30(23(2)3)19-32(41)31(38)22-45-21-26-10-15-29(27-11-12-27)33(18-26)46-17-7-16-44-5/h8-10,13-15,18,23-24,27,30-32,34,41H,6-7,11-12,16-17,19-22,38H2,1-5H3,(H,39,43)(H,40,42). The molecule has 0 aliphatic heterocycles. The molecule has 0 heterocycles. The van der Waals surface area contributed by atoms with Gasteiger partial charge in [0.25, 0.3) is 0 Å². The highest BCUT2D eigenvalue weighted by Crippen LogP contribution is 2.44. The molecule has 46 heavy (non-hydrogen) atoms. The molecule has 1 aliphatic carbocycles. The van der Waals surface area contributed by atoms with E-state index in [2.05, 4.69) is 16.7 Å². The van der Waals surface area contributed by atoms with E-state index in [0.717, 1.165) is 23.3 Å². The van der Waals surface area contributed by atoms with Crippen LogP contribution in [-0.4, -0.2) is 62.0 Å². The normalized spacial score (nSPS) is 16.4. The van der Waals surface area contributed by atoms with E-state index in [4.69, 9.17) is 19.9 Å². The van der Waals surface area contributed by atoms with Crippen LogP contribution in [0.1, 0.15) is 82.4 Å². The van der Waals surface area contributed by atoms with Crippen LogP contribution in [-0.2, 0) is 32.2 Å². The summed E-state index contributed by atoms with van der Waals surface area (Å²) in [5.74, 6) is -0.319. The number of aliphatic hydroxyl groups excluding tert-OH is 1. The third-order valence-corrected chi connectivity index (χ3v) is 8.73. The maximum absolute atomic E-state index is 13.5. The van der Waals surface area contributed by atoms with Crippen molar-refractivity contribution >= 4 is 11.8 Å². The number of hydrogen-bond acceptors (Lipinski definition) is 7. The molecule has 2 aromatic carbocycles. The molecule has 1 saturated carbocycles. The lowest BCUT2D eigenvalue weighted by atomic mass is 9.86. The zero-order valence-electron chi connectivity index (χ0n) is 28.1. The maximum atomic E-state index is 13.5. The largest absolute Gasteiger partial charge is 0.493 e. The zero-order chi connectivity index (χ0) is 33.6. The molecule has 5 N–H and O–H groups in total. The summed E-state index contributed by atoms with van der Waals surface area (Å²) in [5.41, 5.74) is 9.26. The van der Waals surface area contributed by atoms with Crippen molar-refractivity contribution in [1.29, 1.82) is 0 Å². The summed E-state index contributed by atoms with van der Waals surface area (Å²) in [6.45, 7) is 9.56. The number of halogens is 1. The first kappa shape index (κ1) is 37.4. The van der Waals surface area contributed by atoms with Crippen LogP contribution >= 0.6 is 0 Å². The van der Waals surface area contributed by atoms with Gasteiger partial charge >= 0.3 is 0 Å². The molecule has 9 nitrogen and oxygen atoms in total. The number of rotatable bonds is 21. The summed E-state index contributed by atoms with van der Waals surface area (Å²) in [6, 6.07) is 10.6. The average Bonchev–Trinajstić information content (AvgIpc) is 3.89. The summed E-state index contributed by atoms with van der Waals surface area (Å²) < 4.78 is 30.3. The van der Waals surface area contributed by atoms with Gasteiger partial charge < -0.3 is 35.7 Å². The summed E-state index contributed by atoms with van der Waals surface area (Å²) in [6.07, 6.45) is 2.99. The van der Waals surface area contributed by atoms with Gasteiger partial charge in [-0.05, 0) is 71.9 Å². The number of methoxy groups -OCH3 is 1. The topological polar surface area (TPSA) is 132 Å². The monoisotopic (exact) mass is 643 g/mol. The highest BCUT2D eigenvalue weighted by atomic mass is 19.1. The third-order valence-electron chi connectivity index (χ3n) is 8.73. The lowest BCUT2D eigenvalue weighted by Crippen LogP contribution is -2.52. The van der Waals surface area contributed by atoms with Gasteiger partial charge in [-0.25, -0.2) is 4.39 Å². The second-order valence-electron chi connectivity index (χ2n) is 12.9. The van der Waals surface area contributed by atoms with Crippen LogP contribution in [0.3, 0.4) is 0 Å². The molecular weight excluding hydrogens is 589 g/mol. The highest BCUT2D eigenvalue weighted by molar-refractivity contribution is 5.88. The number of benzene rings is 2. The molecule has 3 rings (SSSR count). The van der Waals surface area contributed by atoms with Gasteiger partial charge in [-0.3, -0.25) is 9.59 Å². The van der Waals surface area contributed by atoms with Gasteiger partial charge in [0.2, 0.25) is 11.8 Å². The minimum absolute atomic E-state index is 0.102. The van der Waals surface area contributed by atoms with Gasteiger partial charge in [0.1, 0.15) is 17.6 Å². The quantitative estimate of drug-likeness (QED) is 0.143. The molecule has 0 aromatic heterocycles. The number of carbonyl (C=O) groups is 2. The first-order chi connectivity index (χ1) is 22.0. The van der Waals surface area contributed by atoms with Crippen LogP contribution in [0.25, 0.3) is 0 Å². The van der Waals surface area contributed by atoms with E-state index >= 15 is 0 Å². The minimum atomic E-state index is -0.982. The van der Waals surface area contributed by atoms with Gasteiger partial charge in [0.15, 0.2) is 0 Å². The average molecular weight is 644 g/mol. The molecule has 5 unspecified atom stereocenters. The van der Waals surface area contributed by atoms with Crippen molar-refractivity contribution < 1.29 is 33.3 Å². The van der Waals surface area contributed by atoms with E-state index in [0.29, 0.717) is 32.2 Å². The van der Waals surface area contributed by atoms with E-state index in [1.54, 1.807) is 19.2 Å². The van der Waals surface area contributed by atoms with Crippen LogP contribution in [0.4, 0.5) is 4.39 Å². The second kappa shape index (κ2) is 18.9. The minimum Gasteiger partial charge on any atom is -0.493 e. The van der Waals surface area contributed by atoms with Crippen molar-refractivity contribution in [3.63, 3.8) is 0 Å². The Morgan fingerprint density at radius 2 is 1.74 bits per heavy atom. The van der Waals surface area contributed by atoms with Crippen molar-refractivity contribution in [1.82, 2.24) is 10.6 Å². The molecule has 5 atom stereocenters. The molecule has 0 spiro atoms. The van der Waals surface area contributed by atoms with Gasteiger partial charge in [-0.1, -0.05) is 58.4 Å². The van der Waals surface area contributed by atoms with E-state index < -0.39 is 24.1 Å². The number of aliphatic hydroxyl groups is 1. The van der Waals surface area contributed by atoms with Crippen molar-refractivity contribution in [2.75, 3.05) is 26.9 Å². The fraction of sp³-hybridized carbons (Fsp3) is 0.611. The number of hydrogen-bond donors (Lipinski definition) is 4. The van der Waals surface area contributed by atoms with Crippen molar-refractivity contribution in [2.24, 2.45) is 23.5 Å². The molecule has 10 heteroatoms. The number of nitrogens with two attached hydrogens (primary N) is 1. The number of carbonyl (C=O) groups excluding carboxylic acids is 2.